The zero-order chi connectivity index (χ0) is 30.8. The maximum Gasteiger partial charge on any atom is 0.336 e. The molecule has 0 aliphatic heterocycles. The zero-order valence-corrected chi connectivity index (χ0v) is 28.1. The van der Waals surface area contributed by atoms with Gasteiger partial charge in [-0.1, -0.05) is 102 Å². The van der Waals surface area contributed by atoms with Crippen LogP contribution in [0.25, 0.3) is 0 Å². The first-order valence-corrected chi connectivity index (χ1v) is 15.3. The molecule has 0 saturated carbocycles. The number of hydrogen-bond donors (Lipinski definition) is 3. The van der Waals surface area contributed by atoms with Crippen LogP contribution in [0.4, 0.5) is 0 Å². The van der Waals surface area contributed by atoms with Gasteiger partial charge in [-0.3, -0.25) is 0 Å². The van der Waals surface area contributed by atoms with Crippen LogP contribution in [-0.2, 0) is 10.8 Å². The van der Waals surface area contributed by atoms with E-state index in [9.17, 15) is 14.7 Å². The van der Waals surface area contributed by atoms with Crippen LogP contribution in [0, 0.1) is 3.57 Å². The van der Waals surface area contributed by atoms with E-state index in [0.29, 0.717) is 10.5 Å². The van der Waals surface area contributed by atoms with Gasteiger partial charge in [-0.25, -0.2) is 9.59 Å². The minimum absolute atomic E-state index is 0.127. The molecule has 4 aromatic carbocycles. The first-order valence-electron chi connectivity index (χ1n) is 13.0. The Balaban J connectivity index is 0.000000236. The van der Waals surface area contributed by atoms with Crippen LogP contribution in [0.15, 0.2) is 112 Å². The molecular weight excluding hydrogens is 663 g/mol. The quantitative estimate of drug-likeness (QED) is 0.146. The van der Waals surface area contributed by atoms with Crippen molar-refractivity contribution in [3.8, 4) is 0 Å². The van der Waals surface area contributed by atoms with E-state index >= 15 is 0 Å². The van der Waals surface area contributed by atoms with Gasteiger partial charge < -0.3 is 10.2 Å². The lowest BCUT2D eigenvalue weighted by Gasteiger charge is -2.19. The van der Waals surface area contributed by atoms with E-state index < -0.39 is 11.9 Å². The van der Waals surface area contributed by atoms with Crippen molar-refractivity contribution < 1.29 is 19.8 Å². The molecule has 0 spiro atoms. The number of benzene rings is 4. The Bertz CT molecular complexity index is 1440. The third kappa shape index (κ3) is 11.6. The molecule has 4 rings (SSSR count). The maximum atomic E-state index is 11.2. The second-order valence-electron chi connectivity index (χ2n) is 11.3. The zero-order valence-electron chi connectivity index (χ0n) is 24.2. The van der Waals surface area contributed by atoms with Crippen LogP contribution in [0.3, 0.4) is 0 Å². The Morgan fingerprint density at radius 1 is 0.634 bits per heavy atom. The molecule has 0 radical (unpaired) electrons. The summed E-state index contributed by atoms with van der Waals surface area (Å²) in [7, 11) is 0. The summed E-state index contributed by atoms with van der Waals surface area (Å²) in [6.07, 6.45) is 0. The number of thiol groups is 1. The molecule has 4 aromatic rings. The summed E-state index contributed by atoms with van der Waals surface area (Å²) in [6, 6.07) is 30.7. The van der Waals surface area contributed by atoms with E-state index in [-0.39, 0.29) is 16.4 Å². The Kier molecular flexibility index (Phi) is 13.0. The van der Waals surface area contributed by atoms with Gasteiger partial charge >= 0.3 is 11.9 Å². The van der Waals surface area contributed by atoms with E-state index in [1.807, 2.05) is 24.3 Å². The van der Waals surface area contributed by atoms with Gasteiger partial charge in [-0.05, 0) is 93.1 Å². The molecule has 0 aliphatic carbocycles. The highest BCUT2D eigenvalue weighted by atomic mass is 127. The van der Waals surface area contributed by atoms with Gasteiger partial charge in [0, 0.05) is 18.3 Å². The average molecular weight is 701 g/mol. The average Bonchev–Trinajstić information content (AvgIpc) is 2.89. The summed E-state index contributed by atoms with van der Waals surface area (Å²) in [5.74, 6) is -1.83. The highest BCUT2D eigenvalue weighted by Gasteiger charge is 2.14. The molecule has 0 fully saturated rings. The van der Waals surface area contributed by atoms with Crippen molar-refractivity contribution in [2.75, 3.05) is 0 Å². The fourth-order valence-electron chi connectivity index (χ4n) is 3.49. The SMILES string of the molecule is CC(C)(C)c1ccc(I)cc1.CC(C)(C)c1ccc(Sc2ccccc2C(=O)O)cc1.O=C(O)c1ccccc1S. The third-order valence-corrected chi connectivity index (χ3v) is 8.10. The number of carboxylic acids is 2. The lowest BCUT2D eigenvalue weighted by molar-refractivity contribution is 0.0682. The van der Waals surface area contributed by atoms with E-state index in [2.05, 4.69) is 113 Å². The molecule has 7 heteroatoms. The Morgan fingerprint density at radius 2 is 1.05 bits per heavy atom. The molecule has 0 unspecified atom stereocenters. The standard InChI is InChI=1S/C17H18O2S.C10H13I.C7H6O2S/c1-17(2,3)12-8-10-13(11-9-12)20-15-7-5-4-6-14(15)16(18)19;1-10(2,3)8-4-6-9(11)7-5-8;8-7(9)5-3-1-2-4-6(5)10/h4-11H,1-3H3,(H,18,19);4-7H,1-3H3;1-4,10H,(H,8,9). The first kappa shape index (κ1) is 34.5. The normalized spacial score (nSPS) is 10.9. The fraction of sp³-hybridized carbons (Fsp3) is 0.235. The topological polar surface area (TPSA) is 74.6 Å². The van der Waals surface area contributed by atoms with Crippen LogP contribution in [0.1, 0.15) is 73.4 Å². The first-order chi connectivity index (χ1) is 19.1. The van der Waals surface area contributed by atoms with Crippen molar-refractivity contribution in [1.82, 2.24) is 0 Å². The van der Waals surface area contributed by atoms with Crippen molar-refractivity contribution in [2.24, 2.45) is 0 Å². The number of halogens is 1. The molecule has 216 valence electrons. The second kappa shape index (κ2) is 15.5. The maximum absolute atomic E-state index is 11.2. The van der Waals surface area contributed by atoms with E-state index in [4.69, 9.17) is 5.11 Å². The monoisotopic (exact) mass is 700 g/mol. The molecule has 41 heavy (non-hydrogen) atoms. The smallest absolute Gasteiger partial charge is 0.336 e. The number of aromatic carboxylic acids is 2. The lowest BCUT2D eigenvalue weighted by Crippen LogP contribution is -2.10. The van der Waals surface area contributed by atoms with Gasteiger partial charge in [0.2, 0.25) is 0 Å². The van der Waals surface area contributed by atoms with Gasteiger partial charge in [0.15, 0.2) is 0 Å². The largest absolute Gasteiger partial charge is 0.478 e. The van der Waals surface area contributed by atoms with Crippen molar-refractivity contribution in [2.45, 2.75) is 67.1 Å². The van der Waals surface area contributed by atoms with Gasteiger partial charge in [-0.15, -0.1) is 12.6 Å². The number of carbonyl (C=O) groups is 2. The molecule has 2 N–H and O–H groups in total. The molecule has 0 bridgehead atoms. The van der Waals surface area contributed by atoms with Crippen LogP contribution in [0.5, 0.6) is 0 Å². The van der Waals surface area contributed by atoms with Crippen LogP contribution in [-0.4, -0.2) is 22.2 Å². The Hall–Kier alpha value is -2.75. The summed E-state index contributed by atoms with van der Waals surface area (Å²) in [6.45, 7) is 13.2. The van der Waals surface area contributed by atoms with Crippen LogP contribution < -0.4 is 0 Å². The van der Waals surface area contributed by atoms with Crippen molar-refractivity contribution >= 4 is 58.9 Å². The highest BCUT2D eigenvalue weighted by Crippen LogP contribution is 2.32. The number of rotatable bonds is 4. The lowest BCUT2D eigenvalue weighted by atomic mass is 9.87. The van der Waals surface area contributed by atoms with Crippen molar-refractivity contribution in [3.05, 3.63) is 123 Å². The molecule has 0 aliphatic rings. The summed E-state index contributed by atoms with van der Waals surface area (Å²) in [5, 5.41) is 17.7. The predicted molar refractivity (Wildman–Crippen MR) is 181 cm³/mol. The Morgan fingerprint density at radius 3 is 1.46 bits per heavy atom. The molecule has 0 amide bonds. The van der Waals surface area contributed by atoms with Crippen molar-refractivity contribution in [1.29, 1.82) is 0 Å². The molecular formula is C34H37IO4S2. The van der Waals surface area contributed by atoms with E-state index in [1.54, 1.807) is 30.3 Å². The number of carboxylic acid groups (broad SMARTS) is 2. The van der Waals surface area contributed by atoms with Gasteiger partial charge in [0.1, 0.15) is 0 Å². The minimum Gasteiger partial charge on any atom is -0.478 e. The van der Waals surface area contributed by atoms with Gasteiger partial charge in [-0.2, -0.15) is 0 Å². The molecule has 4 nitrogen and oxygen atoms in total. The highest BCUT2D eigenvalue weighted by molar-refractivity contribution is 14.1. The van der Waals surface area contributed by atoms with Gasteiger partial charge in [0.25, 0.3) is 0 Å². The molecule has 0 atom stereocenters. The predicted octanol–water partition coefficient (Wildman–Crippen LogP) is 10.1. The van der Waals surface area contributed by atoms with Crippen LogP contribution >= 0.6 is 47.0 Å². The third-order valence-electron chi connectivity index (χ3n) is 5.91. The fourth-order valence-corrected chi connectivity index (χ4v) is 5.04. The Labute approximate surface area is 267 Å². The summed E-state index contributed by atoms with van der Waals surface area (Å²) in [5.41, 5.74) is 3.67. The van der Waals surface area contributed by atoms with Gasteiger partial charge in [0.05, 0.1) is 11.1 Å². The molecule has 0 aromatic heterocycles. The minimum atomic E-state index is -0.939. The van der Waals surface area contributed by atoms with E-state index in [1.165, 1.54) is 32.5 Å². The van der Waals surface area contributed by atoms with E-state index in [0.717, 1.165) is 9.79 Å². The molecule has 0 saturated heterocycles. The van der Waals surface area contributed by atoms with Crippen molar-refractivity contribution in [3.63, 3.8) is 0 Å². The summed E-state index contributed by atoms with van der Waals surface area (Å²) < 4.78 is 1.30. The van der Waals surface area contributed by atoms with Crippen LogP contribution in [0.2, 0.25) is 0 Å². The number of hydrogen-bond acceptors (Lipinski definition) is 4. The summed E-state index contributed by atoms with van der Waals surface area (Å²) >= 11 is 7.76. The second-order valence-corrected chi connectivity index (χ2v) is 14.1. The molecule has 0 heterocycles. The summed E-state index contributed by atoms with van der Waals surface area (Å²) in [4.78, 5) is 23.9.